The quantitative estimate of drug-likeness (QED) is 0.0998. The average Bonchev–Trinajstić information content (AvgIpc) is 3.58. The Morgan fingerprint density at radius 2 is 0.671 bits per heavy atom. The fraction of sp³-hybridized carbons (Fsp3) is 0.0633. The Balaban J connectivity index is 0.000000134. The van der Waals surface area contributed by atoms with E-state index in [-0.39, 0.29) is 0 Å². The zero-order valence-corrected chi connectivity index (χ0v) is 46.1. The second kappa shape index (κ2) is 27.4. The van der Waals surface area contributed by atoms with Gasteiger partial charge in [0.05, 0.1) is 0 Å². The second-order valence-corrected chi connectivity index (χ2v) is 19.6. The van der Waals surface area contributed by atoms with Crippen LogP contribution in [0.1, 0.15) is 66.6 Å². The summed E-state index contributed by atoms with van der Waals surface area (Å²) < 4.78 is 0. The molecule has 0 aliphatic carbocycles. The van der Waals surface area contributed by atoms with E-state index >= 15 is 0 Å². The normalized spacial score (nSPS) is 11.4. The van der Waals surface area contributed by atoms with Crippen LogP contribution in [0, 0.1) is 6.92 Å². The molecule has 79 heavy (non-hydrogen) atoms. The van der Waals surface area contributed by atoms with Gasteiger partial charge in [-0.05, 0) is 151 Å². The molecule has 0 nitrogen and oxygen atoms in total. The number of fused-ring (bicyclic) bond motifs is 3. The summed E-state index contributed by atoms with van der Waals surface area (Å²) in [5.74, 6) is 0. The summed E-state index contributed by atoms with van der Waals surface area (Å²) in [4.78, 5) is 0. The van der Waals surface area contributed by atoms with Gasteiger partial charge in [0.1, 0.15) is 0 Å². The van der Waals surface area contributed by atoms with Gasteiger partial charge in [0.15, 0.2) is 0 Å². The summed E-state index contributed by atoms with van der Waals surface area (Å²) >= 11 is 0. The third-order valence-corrected chi connectivity index (χ3v) is 14.1. The zero-order valence-electron chi connectivity index (χ0n) is 46.1. The van der Waals surface area contributed by atoms with Gasteiger partial charge < -0.3 is 0 Å². The SMILES string of the molecule is C/C(=C(\c1ccccc1)c1ccc(-c2ccccc2)cc1)c1ccccc1.CC=Cc1ccc(-c2c3ccccc3cc3ccccc23)cc1.CC=Cc1ccc(-c2cccc3ccccc23)cc1.CC=Cc1ccc(C)cc1. The zero-order chi connectivity index (χ0) is 54.6. The molecule has 0 aliphatic rings. The van der Waals surface area contributed by atoms with E-state index < -0.39 is 0 Å². The predicted octanol–water partition coefficient (Wildman–Crippen LogP) is 22.6. The van der Waals surface area contributed by atoms with Crippen molar-refractivity contribution in [2.45, 2.75) is 34.6 Å². The summed E-state index contributed by atoms with van der Waals surface area (Å²) in [6.07, 6.45) is 12.5. The molecule has 0 fully saturated rings. The number of hydrogen-bond acceptors (Lipinski definition) is 0. The Kier molecular flexibility index (Phi) is 18.8. The third kappa shape index (κ3) is 14.1. The maximum Gasteiger partial charge on any atom is -0.00268 e. The maximum absolute atomic E-state index is 2.28. The summed E-state index contributed by atoms with van der Waals surface area (Å²) in [5.41, 5.74) is 19.0. The molecular weight excluding hydrogens is 949 g/mol. The molecule has 0 saturated heterocycles. The highest BCUT2D eigenvalue weighted by molar-refractivity contribution is 6.12. The minimum Gasteiger partial charge on any atom is -0.0871 e. The Morgan fingerprint density at radius 1 is 0.291 bits per heavy atom. The summed E-state index contributed by atoms with van der Waals surface area (Å²) in [6.45, 7) is 10.4. The molecule has 0 spiro atoms. The van der Waals surface area contributed by atoms with Gasteiger partial charge in [-0.2, -0.15) is 0 Å². The van der Waals surface area contributed by atoms with Crippen LogP contribution in [0.3, 0.4) is 0 Å². The molecule has 12 aromatic carbocycles. The van der Waals surface area contributed by atoms with E-state index in [0.29, 0.717) is 0 Å². The number of allylic oxidation sites excluding steroid dienone is 4. The van der Waals surface area contributed by atoms with E-state index in [1.54, 1.807) is 0 Å². The van der Waals surface area contributed by atoms with Crippen LogP contribution < -0.4 is 0 Å². The van der Waals surface area contributed by atoms with Gasteiger partial charge >= 0.3 is 0 Å². The van der Waals surface area contributed by atoms with Gasteiger partial charge in [-0.25, -0.2) is 0 Å². The monoisotopic (exact) mass is 1020 g/mol. The fourth-order valence-electron chi connectivity index (χ4n) is 10.1. The Morgan fingerprint density at radius 3 is 1.19 bits per heavy atom. The van der Waals surface area contributed by atoms with Crippen LogP contribution in [-0.2, 0) is 0 Å². The fourth-order valence-corrected chi connectivity index (χ4v) is 10.1. The van der Waals surface area contributed by atoms with Gasteiger partial charge in [0, 0.05) is 0 Å². The van der Waals surface area contributed by atoms with Crippen molar-refractivity contribution in [3.8, 4) is 33.4 Å². The van der Waals surface area contributed by atoms with Gasteiger partial charge in [-0.15, -0.1) is 0 Å². The molecule has 0 atom stereocenters. The van der Waals surface area contributed by atoms with Crippen molar-refractivity contribution < 1.29 is 0 Å². The highest BCUT2D eigenvalue weighted by Gasteiger charge is 2.12. The van der Waals surface area contributed by atoms with E-state index in [1.807, 2.05) is 26.8 Å². The first-order valence-electron chi connectivity index (χ1n) is 27.4. The topological polar surface area (TPSA) is 0 Å². The van der Waals surface area contributed by atoms with Gasteiger partial charge in [-0.3, -0.25) is 0 Å². The molecule has 0 unspecified atom stereocenters. The van der Waals surface area contributed by atoms with E-state index in [4.69, 9.17) is 0 Å². The van der Waals surface area contributed by atoms with Gasteiger partial charge in [0.2, 0.25) is 0 Å². The molecule has 0 heterocycles. The van der Waals surface area contributed by atoms with E-state index in [9.17, 15) is 0 Å². The van der Waals surface area contributed by atoms with E-state index in [2.05, 4.69) is 329 Å². The van der Waals surface area contributed by atoms with Crippen molar-refractivity contribution in [3.63, 3.8) is 0 Å². The summed E-state index contributed by atoms with van der Waals surface area (Å²) in [7, 11) is 0. The minimum atomic E-state index is 1.24. The standard InChI is InChI=1S/C27H22.C23H18.C19H16.C10H12/c1-21(22-11-5-2-6-12-22)27(25-15-9-4-10-16-25)26-19-17-24(18-20-26)23-13-7-3-8-14-23;1-2-7-17-12-14-18(15-13-17)23-21-10-5-3-8-19(21)16-20-9-4-6-11-22(20)23;1-2-6-15-11-13-17(14-12-15)19-10-5-8-16-7-3-4-9-18(16)19;1-3-4-10-7-5-9(2)6-8-10/h2-20H,1H3;2-16H,1H3;2-14H,1H3;3-8H,1-2H3/b27-21-;;;. The number of aryl methyl sites for hydroxylation is 1. The maximum atomic E-state index is 2.28. The lowest BCUT2D eigenvalue weighted by Gasteiger charge is -2.15. The van der Waals surface area contributed by atoms with Crippen LogP contribution in [0.25, 0.3) is 95.1 Å². The first kappa shape index (κ1) is 54.2. The van der Waals surface area contributed by atoms with Gasteiger partial charge in [0.25, 0.3) is 0 Å². The van der Waals surface area contributed by atoms with Crippen molar-refractivity contribution in [1.29, 1.82) is 0 Å². The minimum absolute atomic E-state index is 1.24. The number of rotatable bonds is 9. The molecule has 0 heteroatoms. The molecule has 0 aromatic heterocycles. The molecule has 0 bridgehead atoms. The van der Waals surface area contributed by atoms with Crippen LogP contribution in [-0.4, -0.2) is 0 Å². The second-order valence-electron chi connectivity index (χ2n) is 19.6. The molecule has 0 amide bonds. The van der Waals surface area contributed by atoms with E-state index in [1.165, 1.54) is 116 Å². The van der Waals surface area contributed by atoms with Gasteiger partial charge in [-0.1, -0.05) is 321 Å². The molecule has 0 radical (unpaired) electrons. The number of hydrogen-bond donors (Lipinski definition) is 0. The number of benzene rings is 12. The Bertz CT molecular complexity index is 3910. The molecule has 0 N–H and O–H groups in total. The molecule has 12 rings (SSSR count). The van der Waals surface area contributed by atoms with E-state index in [0.717, 1.165) is 0 Å². The lowest BCUT2D eigenvalue weighted by molar-refractivity contribution is 1.46. The van der Waals surface area contributed by atoms with Crippen molar-refractivity contribution in [3.05, 3.63) is 342 Å². The van der Waals surface area contributed by atoms with Crippen LogP contribution in [0.15, 0.2) is 303 Å². The van der Waals surface area contributed by atoms with Crippen LogP contribution in [0.4, 0.5) is 0 Å². The van der Waals surface area contributed by atoms with Crippen LogP contribution in [0.2, 0.25) is 0 Å². The molecule has 0 saturated carbocycles. The lowest BCUT2D eigenvalue weighted by Crippen LogP contribution is -1.93. The van der Waals surface area contributed by atoms with Crippen LogP contribution in [0.5, 0.6) is 0 Å². The molecular formula is C79H68. The molecule has 12 aromatic rings. The van der Waals surface area contributed by atoms with Crippen molar-refractivity contribution in [2.75, 3.05) is 0 Å². The Labute approximate surface area is 469 Å². The van der Waals surface area contributed by atoms with Crippen LogP contribution >= 0.6 is 0 Å². The van der Waals surface area contributed by atoms with Crippen molar-refractivity contribution in [2.24, 2.45) is 0 Å². The summed E-state index contributed by atoms with van der Waals surface area (Å²) in [5, 5.41) is 7.80. The molecule has 384 valence electrons. The smallest absolute Gasteiger partial charge is 0.00268 e. The lowest BCUT2D eigenvalue weighted by atomic mass is 9.89. The summed E-state index contributed by atoms with van der Waals surface area (Å²) in [6, 6.07) is 101. The highest BCUT2D eigenvalue weighted by Crippen LogP contribution is 2.37. The molecule has 0 aliphatic heterocycles. The van der Waals surface area contributed by atoms with Crippen molar-refractivity contribution in [1.82, 2.24) is 0 Å². The first-order chi connectivity index (χ1) is 38.9. The first-order valence-corrected chi connectivity index (χ1v) is 27.4. The Hall–Kier alpha value is -9.62. The van der Waals surface area contributed by atoms with Crippen molar-refractivity contribution >= 4 is 61.7 Å². The predicted molar refractivity (Wildman–Crippen MR) is 348 cm³/mol. The third-order valence-electron chi connectivity index (χ3n) is 14.1. The largest absolute Gasteiger partial charge is 0.0871 e. The highest BCUT2D eigenvalue weighted by atomic mass is 14.2. The average molecular weight is 1020 g/mol.